The molecule has 1 aromatic rings. The Morgan fingerprint density at radius 3 is 2.35 bits per heavy atom. The third-order valence-electron chi connectivity index (χ3n) is 2.77. The van der Waals surface area contributed by atoms with E-state index >= 15 is 0 Å². The van der Waals surface area contributed by atoms with Crippen LogP contribution in [0.25, 0.3) is 0 Å². The first-order valence-electron chi connectivity index (χ1n) is 6.60. The lowest BCUT2D eigenvalue weighted by molar-refractivity contribution is -0.124. The molecule has 5 heteroatoms. The first-order valence-corrected chi connectivity index (χ1v) is 6.60. The molecule has 0 aliphatic rings. The van der Waals surface area contributed by atoms with Gasteiger partial charge in [-0.25, -0.2) is 0 Å². The zero-order valence-electron chi connectivity index (χ0n) is 12.7. The second-order valence-electron chi connectivity index (χ2n) is 5.97. The van der Waals surface area contributed by atoms with E-state index in [2.05, 4.69) is 10.6 Å². The lowest BCUT2D eigenvalue weighted by atomic mass is 10.1. The minimum absolute atomic E-state index is 0.224. The number of nitrogen functional groups attached to an aromatic ring is 1. The van der Waals surface area contributed by atoms with Gasteiger partial charge in [0.05, 0.1) is 5.56 Å². The molecule has 1 rings (SSSR count). The van der Waals surface area contributed by atoms with E-state index in [4.69, 9.17) is 5.73 Å². The van der Waals surface area contributed by atoms with E-state index in [1.54, 1.807) is 19.1 Å². The standard InChI is InChI=1S/C15H23N3O2/c1-9-7-6-8-11(16)12(9)14(20)17-10(2)13(19)18-15(3,4)5/h6-8,10H,16H2,1-5H3,(H,17,20)(H,18,19). The molecule has 0 radical (unpaired) electrons. The fourth-order valence-electron chi connectivity index (χ4n) is 1.81. The van der Waals surface area contributed by atoms with Gasteiger partial charge in [0.15, 0.2) is 0 Å². The van der Waals surface area contributed by atoms with Gasteiger partial charge in [0.25, 0.3) is 5.91 Å². The highest BCUT2D eigenvalue weighted by Gasteiger charge is 2.22. The van der Waals surface area contributed by atoms with Crippen molar-refractivity contribution in [2.45, 2.75) is 46.2 Å². The second kappa shape index (κ2) is 5.94. The summed E-state index contributed by atoms with van der Waals surface area (Å²) in [7, 11) is 0. The minimum atomic E-state index is -0.624. The zero-order chi connectivity index (χ0) is 15.5. The molecule has 2 amide bonds. The molecule has 0 bridgehead atoms. The Labute approximate surface area is 119 Å². The topological polar surface area (TPSA) is 84.2 Å². The molecule has 0 saturated heterocycles. The Morgan fingerprint density at radius 1 is 1.25 bits per heavy atom. The summed E-state index contributed by atoms with van der Waals surface area (Å²) in [5, 5.41) is 5.49. The number of carbonyl (C=O) groups excluding carboxylic acids is 2. The van der Waals surface area contributed by atoms with Gasteiger partial charge in [0.2, 0.25) is 5.91 Å². The third kappa shape index (κ3) is 4.26. The summed E-state index contributed by atoms with van der Waals surface area (Å²) in [4.78, 5) is 24.1. The fourth-order valence-corrected chi connectivity index (χ4v) is 1.81. The molecule has 0 aliphatic carbocycles. The Bertz CT molecular complexity index is 498. The van der Waals surface area contributed by atoms with E-state index in [1.807, 2.05) is 33.8 Å². The van der Waals surface area contributed by atoms with Crippen molar-refractivity contribution in [3.05, 3.63) is 29.3 Å². The van der Waals surface area contributed by atoms with Crippen LogP contribution in [0.1, 0.15) is 43.6 Å². The van der Waals surface area contributed by atoms with Gasteiger partial charge in [-0.3, -0.25) is 9.59 Å². The molecule has 1 aromatic carbocycles. The molecular weight excluding hydrogens is 254 g/mol. The van der Waals surface area contributed by atoms with Crippen LogP contribution in [0.3, 0.4) is 0 Å². The average Bonchev–Trinajstić information content (AvgIpc) is 2.26. The van der Waals surface area contributed by atoms with Crippen molar-refractivity contribution >= 4 is 17.5 Å². The number of rotatable bonds is 3. The number of hydrogen-bond acceptors (Lipinski definition) is 3. The molecule has 0 spiro atoms. The van der Waals surface area contributed by atoms with Gasteiger partial charge in [0.1, 0.15) is 6.04 Å². The van der Waals surface area contributed by atoms with Crippen molar-refractivity contribution in [1.82, 2.24) is 10.6 Å². The Hall–Kier alpha value is -2.04. The maximum Gasteiger partial charge on any atom is 0.254 e. The maximum absolute atomic E-state index is 12.2. The maximum atomic E-state index is 12.2. The number of anilines is 1. The summed E-state index contributed by atoms with van der Waals surface area (Å²) in [6.45, 7) is 9.12. The van der Waals surface area contributed by atoms with Crippen molar-refractivity contribution in [3.8, 4) is 0 Å². The Morgan fingerprint density at radius 2 is 1.85 bits per heavy atom. The summed E-state index contributed by atoms with van der Waals surface area (Å²) in [5.74, 6) is -0.560. The second-order valence-corrected chi connectivity index (χ2v) is 5.97. The van der Waals surface area contributed by atoms with Crippen LogP contribution >= 0.6 is 0 Å². The van der Waals surface area contributed by atoms with E-state index in [0.717, 1.165) is 5.56 Å². The summed E-state index contributed by atoms with van der Waals surface area (Å²) in [6, 6.07) is 4.64. The molecule has 0 saturated carbocycles. The summed E-state index contributed by atoms with van der Waals surface area (Å²) in [6.07, 6.45) is 0. The van der Waals surface area contributed by atoms with Gasteiger partial charge in [-0.1, -0.05) is 12.1 Å². The summed E-state index contributed by atoms with van der Waals surface area (Å²) >= 11 is 0. The van der Waals surface area contributed by atoms with E-state index in [1.165, 1.54) is 0 Å². The highest BCUT2D eigenvalue weighted by atomic mass is 16.2. The molecule has 1 unspecified atom stereocenters. The van der Waals surface area contributed by atoms with Gasteiger partial charge < -0.3 is 16.4 Å². The molecule has 0 aliphatic heterocycles. The van der Waals surface area contributed by atoms with Gasteiger partial charge in [-0.15, -0.1) is 0 Å². The molecule has 1 atom stereocenters. The lowest BCUT2D eigenvalue weighted by Gasteiger charge is -2.24. The molecule has 20 heavy (non-hydrogen) atoms. The van der Waals surface area contributed by atoms with Crippen molar-refractivity contribution in [2.24, 2.45) is 0 Å². The number of hydrogen-bond donors (Lipinski definition) is 3. The average molecular weight is 277 g/mol. The first-order chi connectivity index (χ1) is 9.11. The first kappa shape index (κ1) is 16.0. The zero-order valence-corrected chi connectivity index (χ0v) is 12.7. The van der Waals surface area contributed by atoms with E-state index in [-0.39, 0.29) is 17.4 Å². The van der Waals surface area contributed by atoms with Crippen LogP contribution in [-0.2, 0) is 4.79 Å². The van der Waals surface area contributed by atoms with Gasteiger partial charge in [-0.2, -0.15) is 0 Å². The van der Waals surface area contributed by atoms with Crippen molar-refractivity contribution < 1.29 is 9.59 Å². The Balaban J connectivity index is 2.78. The number of nitrogens with one attached hydrogen (secondary N) is 2. The van der Waals surface area contributed by atoms with E-state index < -0.39 is 6.04 Å². The van der Waals surface area contributed by atoms with Gasteiger partial charge >= 0.3 is 0 Å². The quantitative estimate of drug-likeness (QED) is 0.734. The molecular formula is C15H23N3O2. The molecule has 0 heterocycles. The van der Waals surface area contributed by atoms with Crippen LogP contribution in [0.2, 0.25) is 0 Å². The highest BCUT2D eigenvalue weighted by molar-refractivity contribution is 6.02. The number of carbonyl (C=O) groups is 2. The van der Waals surface area contributed by atoms with Crippen LogP contribution < -0.4 is 16.4 Å². The fraction of sp³-hybridized carbons (Fsp3) is 0.467. The predicted molar refractivity (Wildman–Crippen MR) is 80.4 cm³/mol. The van der Waals surface area contributed by atoms with Gasteiger partial charge in [0, 0.05) is 11.2 Å². The van der Waals surface area contributed by atoms with E-state index in [9.17, 15) is 9.59 Å². The minimum Gasteiger partial charge on any atom is -0.398 e. The summed E-state index contributed by atoms with van der Waals surface area (Å²) < 4.78 is 0. The number of aryl methyl sites for hydroxylation is 1. The summed E-state index contributed by atoms with van der Waals surface area (Å²) in [5.41, 5.74) is 7.09. The van der Waals surface area contributed by atoms with Crippen LogP contribution in [0, 0.1) is 6.92 Å². The normalized spacial score (nSPS) is 12.7. The monoisotopic (exact) mass is 277 g/mol. The van der Waals surface area contributed by atoms with Crippen molar-refractivity contribution in [3.63, 3.8) is 0 Å². The number of amides is 2. The SMILES string of the molecule is Cc1cccc(N)c1C(=O)NC(C)C(=O)NC(C)(C)C. The molecule has 5 nitrogen and oxygen atoms in total. The molecule has 0 fully saturated rings. The third-order valence-corrected chi connectivity index (χ3v) is 2.77. The highest BCUT2D eigenvalue weighted by Crippen LogP contribution is 2.16. The predicted octanol–water partition coefficient (Wildman–Crippen LogP) is 1.61. The molecule has 4 N–H and O–H groups in total. The van der Waals surface area contributed by atoms with Crippen LogP contribution in [0.4, 0.5) is 5.69 Å². The van der Waals surface area contributed by atoms with Crippen LogP contribution in [-0.4, -0.2) is 23.4 Å². The Kier molecular flexibility index (Phi) is 4.76. The van der Waals surface area contributed by atoms with Crippen LogP contribution in [0.5, 0.6) is 0 Å². The van der Waals surface area contributed by atoms with E-state index in [0.29, 0.717) is 11.3 Å². The molecule has 110 valence electrons. The van der Waals surface area contributed by atoms with Crippen LogP contribution in [0.15, 0.2) is 18.2 Å². The number of nitrogens with two attached hydrogens (primary N) is 1. The van der Waals surface area contributed by atoms with Crippen molar-refractivity contribution in [2.75, 3.05) is 5.73 Å². The van der Waals surface area contributed by atoms with Gasteiger partial charge in [-0.05, 0) is 46.2 Å². The largest absolute Gasteiger partial charge is 0.398 e. The van der Waals surface area contributed by atoms with Crippen molar-refractivity contribution in [1.29, 1.82) is 0 Å². The smallest absolute Gasteiger partial charge is 0.254 e. The lowest BCUT2D eigenvalue weighted by Crippen LogP contribution is -2.51. The molecule has 0 aromatic heterocycles. The number of benzene rings is 1.